The molecule has 0 bridgehead atoms. The van der Waals surface area contributed by atoms with Crippen LogP contribution in [0.3, 0.4) is 0 Å². The number of para-hydroxylation sites is 2. The molecule has 0 N–H and O–H groups in total. The molecule has 0 saturated heterocycles. The average Bonchev–Trinajstić information content (AvgIpc) is 2.88. The Morgan fingerprint density at radius 3 is 2.44 bits per heavy atom. The molecule has 176 valence electrons. The van der Waals surface area contributed by atoms with E-state index in [1.807, 2.05) is 24.3 Å². The molecule has 1 aliphatic rings. The Labute approximate surface area is 199 Å². The van der Waals surface area contributed by atoms with Crippen LogP contribution in [0, 0.1) is 0 Å². The molecule has 3 aromatic rings. The van der Waals surface area contributed by atoms with Crippen LogP contribution in [0.25, 0.3) is 0 Å². The van der Waals surface area contributed by atoms with Gasteiger partial charge in [0.1, 0.15) is 0 Å². The van der Waals surface area contributed by atoms with Crippen molar-refractivity contribution in [2.24, 2.45) is 0 Å². The van der Waals surface area contributed by atoms with Crippen molar-refractivity contribution in [3.8, 4) is 0 Å². The summed E-state index contributed by atoms with van der Waals surface area (Å²) in [6, 6.07) is 22.0. The quantitative estimate of drug-likeness (QED) is 0.500. The number of hydrogen-bond donors (Lipinski definition) is 0. The normalized spacial score (nSPS) is 14.1. The van der Waals surface area contributed by atoms with Crippen molar-refractivity contribution in [3.63, 3.8) is 0 Å². The lowest BCUT2D eigenvalue weighted by Crippen LogP contribution is -2.42. The lowest BCUT2D eigenvalue weighted by Gasteiger charge is -2.31. The molecule has 34 heavy (non-hydrogen) atoms. The van der Waals surface area contributed by atoms with E-state index in [-0.39, 0.29) is 16.4 Å². The number of anilines is 2. The first-order valence-electron chi connectivity index (χ1n) is 11.0. The Bertz CT molecular complexity index is 1310. The van der Waals surface area contributed by atoms with E-state index in [9.17, 15) is 18.0 Å². The molecule has 1 aliphatic heterocycles. The number of fused-ring (bicyclic) bond motifs is 1. The zero-order chi connectivity index (χ0) is 24.3. The SMILES string of the molecule is C[C@H](OC(=O)c1cccc(S(=O)(=O)N(C)c2ccccc2)c1)C(=O)N1CCCc2ccccc21. The monoisotopic (exact) mass is 478 g/mol. The van der Waals surface area contributed by atoms with Crippen molar-refractivity contribution in [3.05, 3.63) is 90.0 Å². The summed E-state index contributed by atoms with van der Waals surface area (Å²) in [5.41, 5.74) is 2.47. The van der Waals surface area contributed by atoms with Gasteiger partial charge in [-0.3, -0.25) is 9.10 Å². The smallest absolute Gasteiger partial charge is 0.338 e. The molecule has 3 aromatic carbocycles. The molecular formula is C26H26N2O5S. The summed E-state index contributed by atoms with van der Waals surface area (Å²) < 4.78 is 32.7. The van der Waals surface area contributed by atoms with E-state index < -0.39 is 22.1 Å². The van der Waals surface area contributed by atoms with Gasteiger partial charge in [-0.05, 0) is 61.7 Å². The number of carbonyl (C=O) groups is 2. The number of esters is 1. The molecule has 0 fully saturated rings. The van der Waals surface area contributed by atoms with Gasteiger partial charge in [-0.2, -0.15) is 0 Å². The number of rotatable bonds is 6. The molecule has 0 saturated carbocycles. The van der Waals surface area contributed by atoms with Crippen molar-refractivity contribution in [2.45, 2.75) is 30.8 Å². The Balaban J connectivity index is 1.50. The van der Waals surface area contributed by atoms with Crippen LogP contribution in [-0.4, -0.2) is 40.0 Å². The number of amides is 1. The van der Waals surface area contributed by atoms with E-state index in [0.717, 1.165) is 28.4 Å². The number of nitrogens with zero attached hydrogens (tertiary/aromatic N) is 2. The number of aryl methyl sites for hydroxylation is 1. The number of sulfonamides is 1. The third-order valence-corrected chi connectivity index (χ3v) is 7.64. The minimum Gasteiger partial charge on any atom is -0.449 e. The summed E-state index contributed by atoms with van der Waals surface area (Å²) in [6.45, 7) is 2.08. The fraction of sp³-hybridized carbons (Fsp3) is 0.231. The fourth-order valence-corrected chi connectivity index (χ4v) is 5.22. The van der Waals surface area contributed by atoms with Crippen molar-refractivity contribution in [1.29, 1.82) is 0 Å². The average molecular weight is 479 g/mol. The number of ether oxygens (including phenoxy) is 1. The molecule has 1 heterocycles. The van der Waals surface area contributed by atoms with Crippen molar-refractivity contribution in [2.75, 3.05) is 22.8 Å². The lowest BCUT2D eigenvalue weighted by atomic mass is 10.0. The van der Waals surface area contributed by atoms with Crippen LogP contribution in [-0.2, 0) is 26.0 Å². The number of hydrogen-bond acceptors (Lipinski definition) is 5. The molecule has 0 aliphatic carbocycles. The van der Waals surface area contributed by atoms with Gasteiger partial charge in [0, 0.05) is 19.3 Å². The third kappa shape index (κ3) is 4.68. The number of carbonyl (C=O) groups excluding carboxylic acids is 2. The van der Waals surface area contributed by atoms with Crippen LogP contribution in [0.5, 0.6) is 0 Å². The third-order valence-electron chi connectivity index (χ3n) is 5.86. The van der Waals surface area contributed by atoms with Crippen LogP contribution in [0.1, 0.15) is 29.3 Å². The second kappa shape index (κ2) is 9.69. The Morgan fingerprint density at radius 2 is 1.68 bits per heavy atom. The summed E-state index contributed by atoms with van der Waals surface area (Å²) in [5, 5.41) is 0. The van der Waals surface area contributed by atoms with E-state index in [1.165, 1.54) is 38.2 Å². The van der Waals surface area contributed by atoms with Gasteiger partial charge in [-0.25, -0.2) is 13.2 Å². The summed E-state index contributed by atoms with van der Waals surface area (Å²) in [6.07, 6.45) is 0.705. The second-order valence-corrected chi connectivity index (χ2v) is 10.1. The Hall–Kier alpha value is -3.65. The minimum atomic E-state index is -3.89. The van der Waals surface area contributed by atoms with Crippen molar-refractivity contribution < 1.29 is 22.7 Å². The summed E-state index contributed by atoms with van der Waals surface area (Å²) in [7, 11) is -2.44. The van der Waals surface area contributed by atoms with Crippen molar-refractivity contribution in [1.82, 2.24) is 0 Å². The first-order valence-corrected chi connectivity index (χ1v) is 12.5. The van der Waals surface area contributed by atoms with Gasteiger partial charge >= 0.3 is 5.97 Å². The zero-order valence-corrected chi connectivity index (χ0v) is 19.9. The Kier molecular flexibility index (Phi) is 6.70. The largest absolute Gasteiger partial charge is 0.449 e. The van der Waals surface area contributed by atoms with Gasteiger partial charge in [0.05, 0.1) is 16.1 Å². The van der Waals surface area contributed by atoms with Gasteiger partial charge in [0.25, 0.3) is 15.9 Å². The van der Waals surface area contributed by atoms with Gasteiger partial charge < -0.3 is 9.64 Å². The predicted molar refractivity (Wildman–Crippen MR) is 130 cm³/mol. The van der Waals surface area contributed by atoms with Gasteiger partial charge in [-0.1, -0.05) is 42.5 Å². The highest BCUT2D eigenvalue weighted by molar-refractivity contribution is 7.92. The Morgan fingerprint density at radius 1 is 0.971 bits per heavy atom. The van der Waals surface area contributed by atoms with E-state index >= 15 is 0 Å². The van der Waals surface area contributed by atoms with Crippen LogP contribution in [0.15, 0.2) is 83.8 Å². The highest BCUT2D eigenvalue weighted by Gasteiger charge is 2.29. The van der Waals surface area contributed by atoms with E-state index in [2.05, 4.69) is 0 Å². The number of benzene rings is 3. The summed E-state index contributed by atoms with van der Waals surface area (Å²) >= 11 is 0. The molecule has 0 unspecified atom stereocenters. The van der Waals surface area contributed by atoms with Gasteiger partial charge in [0.2, 0.25) is 0 Å². The van der Waals surface area contributed by atoms with E-state index in [4.69, 9.17) is 4.74 Å². The first kappa shape index (κ1) is 23.5. The topological polar surface area (TPSA) is 84.0 Å². The van der Waals surface area contributed by atoms with Crippen LogP contribution < -0.4 is 9.21 Å². The zero-order valence-electron chi connectivity index (χ0n) is 19.0. The molecule has 1 atom stereocenters. The molecule has 8 heteroatoms. The maximum absolute atomic E-state index is 13.1. The first-order chi connectivity index (χ1) is 16.3. The highest BCUT2D eigenvalue weighted by Crippen LogP contribution is 2.28. The molecule has 7 nitrogen and oxygen atoms in total. The van der Waals surface area contributed by atoms with E-state index in [1.54, 1.807) is 35.2 Å². The molecule has 1 amide bonds. The van der Waals surface area contributed by atoms with Crippen LogP contribution >= 0.6 is 0 Å². The van der Waals surface area contributed by atoms with Crippen LogP contribution in [0.2, 0.25) is 0 Å². The molecule has 0 radical (unpaired) electrons. The lowest BCUT2D eigenvalue weighted by molar-refractivity contribution is -0.126. The fourth-order valence-electron chi connectivity index (χ4n) is 3.98. The highest BCUT2D eigenvalue weighted by atomic mass is 32.2. The molecule has 4 rings (SSSR count). The molecule has 0 aromatic heterocycles. The second-order valence-electron chi connectivity index (χ2n) is 8.11. The maximum Gasteiger partial charge on any atom is 0.338 e. The summed E-state index contributed by atoms with van der Waals surface area (Å²) in [5.74, 6) is -1.07. The van der Waals surface area contributed by atoms with E-state index in [0.29, 0.717) is 12.2 Å². The predicted octanol–water partition coefficient (Wildman–Crippen LogP) is 4.04. The minimum absolute atomic E-state index is 0.0442. The van der Waals surface area contributed by atoms with Crippen molar-refractivity contribution >= 4 is 33.3 Å². The summed E-state index contributed by atoms with van der Waals surface area (Å²) in [4.78, 5) is 27.5. The standard InChI is InChI=1S/C26H26N2O5S/c1-19(25(29)28-17-9-12-20-10-6-7-16-24(20)28)33-26(30)21-11-8-15-23(18-21)34(31,32)27(2)22-13-4-3-5-14-22/h3-8,10-11,13-16,18-19H,9,12,17H2,1-2H3/t19-/m0/s1. The molecule has 0 spiro atoms. The molecular weight excluding hydrogens is 452 g/mol. The van der Waals surface area contributed by atoms with Gasteiger partial charge in [-0.15, -0.1) is 0 Å². The van der Waals surface area contributed by atoms with Gasteiger partial charge in [0.15, 0.2) is 6.10 Å². The maximum atomic E-state index is 13.1. The van der Waals surface area contributed by atoms with Crippen LogP contribution in [0.4, 0.5) is 11.4 Å².